The molecule has 1 saturated heterocycles. The molecule has 5 nitrogen and oxygen atoms in total. The summed E-state index contributed by atoms with van der Waals surface area (Å²) >= 11 is 0. The molecule has 5 heteroatoms. The van der Waals surface area contributed by atoms with Crippen molar-refractivity contribution in [3.8, 4) is 0 Å². The molecule has 0 radical (unpaired) electrons. The average molecular weight is 254 g/mol. The molecular formula is C13H22N2O3. The second-order valence-corrected chi connectivity index (χ2v) is 5.49. The number of carbonyl (C=O) groups excluding carboxylic acids is 1. The highest BCUT2D eigenvalue weighted by atomic mass is 16.4. The first-order valence-electron chi connectivity index (χ1n) is 6.82. The highest BCUT2D eigenvalue weighted by Crippen LogP contribution is 2.27. The average Bonchev–Trinajstić information content (AvgIpc) is 3.02. The Bertz CT molecular complexity index is 322. The Morgan fingerprint density at radius 3 is 2.44 bits per heavy atom. The molecule has 0 aromatic heterocycles. The van der Waals surface area contributed by atoms with Gasteiger partial charge in [-0.15, -0.1) is 0 Å². The highest BCUT2D eigenvalue weighted by Gasteiger charge is 2.33. The van der Waals surface area contributed by atoms with Crippen LogP contribution in [-0.2, 0) is 9.59 Å². The first-order chi connectivity index (χ1) is 8.58. The van der Waals surface area contributed by atoms with Crippen molar-refractivity contribution in [3.05, 3.63) is 0 Å². The van der Waals surface area contributed by atoms with Gasteiger partial charge < -0.3 is 10.0 Å². The van der Waals surface area contributed by atoms with Gasteiger partial charge in [0.15, 0.2) is 0 Å². The van der Waals surface area contributed by atoms with E-state index in [1.807, 2.05) is 4.90 Å². The van der Waals surface area contributed by atoms with E-state index < -0.39 is 11.9 Å². The lowest BCUT2D eigenvalue weighted by Crippen LogP contribution is -2.42. The highest BCUT2D eigenvalue weighted by molar-refractivity contribution is 5.78. The van der Waals surface area contributed by atoms with Crippen LogP contribution in [0, 0.1) is 5.92 Å². The van der Waals surface area contributed by atoms with Crippen molar-refractivity contribution in [1.82, 2.24) is 9.80 Å². The summed E-state index contributed by atoms with van der Waals surface area (Å²) in [6.07, 6.45) is 4.39. The van der Waals surface area contributed by atoms with E-state index in [2.05, 4.69) is 4.90 Å². The Kier molecular flexibility index (Phi) is 4.22. The number of carbonyl (C=O) groups is 2. The monoisotopic (exact) mass is 254 g/mol. The van der Waals surface area contributed by atoms with Gasteiger partial charge in [0.05, 0.1) is 12.5 Å². The fourth-order valence-corrected chi connectivity index (χ4v) is 2.45. The predicted molar refractivity (Wildman–Crippen MR) is 67.2 cm³/mol. The van der Waals surface area contributed by atoms with E-state index in [0.29, 0.717) is 19.1 Å². The van der Waals surface area contributed by atoms with Gasteiger partial charge in [0, 0.05) is 25.7 Å². The first-order valence-corrected chi connectivity index (χ1v) is 6.82. The van der Waals surface area contributed by atoms with Crippen LogP contribution < -0.4 is 0 Å². The van der Waals surface area contributed by atoms with Crippen molar-refractivity contribution in [2.24, 2.45) is 5.92 Å². The molecule has 1 aliphatic carbocycles. The fourth-order valence-electron chi connectivity index (χ4n) is 2.45. The summed E-state index contributed by atoms with van der Waals surface area (Å²) in [4.78, 5) is 26.9. The minimum Gasteiger partial charge on any atom is -0.481 e. The molecule has 1 unspecified atom stereocenters. The van der Waals surface area contributed by atoms with Gasteiger partial charge in [-0.25, -0.2) is 0 Å². The number of rotatable bonds is 6. The Hall–Kier alpha value is -1.10. The molecule has 1 heterocycles. The summed E-state index contributed by atoms with van der Waals surface area (Å²) in [6, 6.07) is 0.429. The minimum absolute atomic E-state index is 0.164. The van der Waals surface area contributed by atoms with Crippen LogP contribution in [0.2, 0.25) is 0 Å². The second-order valence-electron chi connectivity index (χ2n) is 5.49. The normalized spacial score (nSPS) is 21.3. The van der Waals surface area contributed by atoms with E-state index in [1.165, 1.54) is 0 Å². The van der Waals surface area contributed by atoms with Gasteiger partial charge in [0.25, 0.3) is 0 Å². The molecule has 0 bridgehead atoms. The fraction of sp³-hybridized carbons (Fsp3) is 0.846. The number of likely N-dealkylation sites (tertiary alicyclic amines) is 1. The zero-order chi connectivity index (χ0) is 13.1. The van der Waals surface area contributed by atoms with E-state index in [1.54, 1.807) is 6.92 Å². The lowest BCUT2D eigenvalue weighted by molar-refractivity contribution is -0.142. The van der Waals surface area contributed by atoms with Crippen LogP contribution in [0.4, 0.5) is 0 Å². The summed E-state index contributed by atoms with van der Waals surface area (Å²) in [5, 5.41) is 8.96. The maximum Gasteiger partial charge on any atom is 0.307 e. The van der Waals surface area contributed by atoms with Gasteiger partial charge in [0.1, 0.15) is 0 Å². The van der Waals surface area contributed by atoms with Crippen LogP contribution in [0.5, 0.6) is 0 Å². The Morgan fingerprint density at radius 2 is 1.94 bits per heavy atom. The molecule has 0 spiro atoms. The Balaban J connectivity index is 1.85. The molecule has 18 heavy (non-hydrogen) atoms. The molecule has 2 fully saturated rings. The first kappa shape index (κ1) is 13.3. The maximum atomic E-state index is 12.1. The number of carboxylic acids is 1. The molecule has 1 aliphatic heterocycles. The van der Waals surface area contributed by atoms with E-state index in [4.69, 9.17) is 5.11 Å². The molecule has 1 N–H and O–H groups in total. The third-order valence-corrected chi connectivity index (χ3v) is 3.79. The number of amides is 1. The van der Waals surface area contributed by atoms with Gasteiger partial charge in [-0.1, -0.05) is 6.92 Å². The van der Waals surface area contributed by atoms with Crippen molar-refractivity contribution < 1.29 is 14.7 Å². The van der Waals surface area contributed by atoms with Gasteiger partial charge >= 0.3 is 5.97 Å². The molecule has 0 aromatic rings. The van der Waals surface area contributed by atoms with Crippen LogP contribution >= 0.6 is 0 Å². The maximum absolute atomic E-state index is 12.1. The van der Waals surface area contributed by atoms with Crippen LogP contribution in [0.25, 0.3) is 0 Å². The molecule has 0 aromatic carbocycles. The van der Waals surface area contributed by atoms with Gasteiger partial charge in [0.2, 0.25) is 5.91 Å². The molecule has 2 rings (SSSR count). The number of hydrogen-bond acceptors (Lipinski definition) is 3. The Morgan fingerprint density at radius 1 is 1.33 bits per heavy atom. The summed E-state index contributed by atoms with van der Waals surface area (Å²) in [5.74, 6) is -1.02. The van der Waals surface area contributed by atoms with Crippen LogP contribution in [-0.4, -0.2) is 59.0 Å². The summed E-state index contributed by atoms with van der Waals surface area (Å²) in [7, 11) is 0. The SMILES string of the molecule is CC(CN(CC(=O)N1CCCC1)C1CC1)C(=O)O. The third kappa shape index (κ3) is 3.45. The zero-order valence-electron chi connectivity index (χ0n) is 11.0. The molecule has 1 atom stereocenters. The number of carboxylic acid groups (broad SMARTS) is 1. The topological polar surface area (TPSA) is 60.9 Å². The summed E-state index contributed by atoms with van der Waals surface area (Å²) in [5.41, 5.74) is 0. The molecule has 1 amide bonds. The summed E-state index contributed by atoms with van der Waals surface area (Å²) < 4.78 is 0. The smallest absolute Gasteiger partial charge is 0.307 e. The van der Waals surface area contributed by atoms with Crippen molar-refractivity contribution in [1.29, 1.82) is 0 Å². The van der Waals surface area contributed by atoms with Crippen LogP contribution in [0.15, 0.2) is 0 Å². The molecule has 1 saturated carbocycles. The lowest BCUT2D eigenvalue weighted by Gasteiger charge is -2.26. The van der Waals surface area contributed by atoms with E-state index >= 15 is 0 Å². The van der Waals surface area contributed by atoms with Crippen LogP contribution in [0.1, 0.15) is 32.6 Å². The minimum atomic E-state index is -0.783. The van der Waals surface area contributed by atoms with Crippen molar-refractivity contribution >= 4 is 11.9 Å². The van der Waals surface area contributed by atoms with E-state index in [9.17, 15) is 9.59 Å². The van der Waals surface area contributed by atoms with Crippen LogP contribution in [0.3, 0.4) is 0 Å². The van der Waals surface area contributed by atoms with Crippen molar-refractivity contribution in [3.63, 3.8) is 0 Å². The Labute approximate surface area is 108 Å². The second kappa shape index (κ2) is 5.69. The number of nitrogens with zero attached hydrogens (tertiary/aromatic N) is 2. The third-order valence-electron chi connectivity index (χ3n) is 3.79. The molecular weight excluding hydrogens is 232 g/mol. The van der Waals surface area contributed by atoms with Gasteiger partial charge in [-0.2, -0.15) is 0 Å². The number of hydrogen-bond donors (Lipinski definition) is 1. The number of aliphatic carboxylic acids is 1. The quantitative estimate of drug-likeness (QED) is 0.761. The van der Waals surface area contributed by atoms with Crippen molar-refractivity contribution in [2.45, 2.75) is 38.6 Å². The largest absolute Gasteiger partial charge is 0.481 e. The lowest BCUT2D eigenvalue weighted by atomic mass is 10.1. The van der Waals surface area contributed by atoms with E-state index in [0.717, 1.165) is 38.8 Å². The molecule has 102 valence electrons. The van der Waals surface area contributed by atoms with Gasteiger partial charge in [-0.3, -0.25) is 14.5 Å². The van der Waals surface area contributed by atoms with Gasteiger partial charge in [-0.05, 0) is 25.7 Å². The van der Waals surface area contributed by atoms with E-state index in [-0.39, 0.29) is 5.91 Å². The molecule has 2 aliphatic rings. The predicted octanol–water partition coefficient (Wildman–Crippen LogP) is 0.794. The van der Waals surface area contributed by atoms with Crippen molar-refractivity contribution in [2.75, 3.05) is 26.2 Å². The zero-order valence-corrected chi connectivity index (χ0v) is 11.0. The standard InChI is InChI=1S/C13H22N2O3/c1-10(13(17)18)8-15(11-4-5-11)9-12(16)14-6-2-3-7-14/h10-11H,2-9H2,1H3,(H,17,18). The summed E-state index contributed by atoms with van der Waals surface area (Å²) in [6.45, 7) is 4.32.